The summed E-state index contributed by atoms with van der Waals surface area (Å²) in [5, 5.41) is 0. The van der Waals surface area contributed by atoms with Crippen LogP contribution in [0.2, 0.25) is 0 Å². The number of hydrogen-bond donors (Lipinski definition) is 1. The van der Waals surface area contributed by atoms with E-state index in [0.29, 0.717) is 11.3 Å². The number of carbonyl (C=O) groups excluding carboxylic acids is 1. The Labute approximate surface area is 118 Å². The maximum absolute atomic E-state index is 11.8. The summed E-state index contributed by atoms with van der Waals surface area (Å²) in [6.07, 6.45) is 0. The quantitative estimate of drug-likeness (QED) is 0.636. The van der Waals surface area contributed by atoms with Gasteiger partial charge in [0.05, 0.1) is 12.7 Å². The molecule has 1 aliphatic carbocycles. The zero-order valence-corrected chi connectivity index (χ0v) is 11.9. The minimum atomic E-state index is -0.396. The molecule has 0 bridgehead atoms. The van der Waals surface area contributed by atoms with Crippen LogP contribution in [-0.4, -0.2) is 13.1 Å². The Balaban J connectivity index is 2.31. The smallest absolute Gasteiger partial charge is 0.339 e. The Morgan fingerprint density at radius 2 is 1.80 bits per heavy atom. The van der Waals surface area contributed by atoms with Crippen LogP contribution >= 0.6 is 0 Å². The van der Waals surface area contributed by atoms with Crippen molar-refractivity contribution in [3.05, 3.63) is 53.1 Å². The highest BCUT2D eigenvalue weighted by atomic mass is 16.5. The molecule has 0 heterocycles. The molecular formula is C17H17NO2. The number of anilines is 1. The lowest BCUT2D eigenvalue weighted by molar-refractivity contribution is 0.0602. The van der Waals surface area contributed by atoms with Gasteiger partial charge in [0.2, 0.25) is 0 Å². The van der Waals surface area contributed by atoms with Crippen LogP contribution in [0, 0.1) is 0 Å². The second kappa shape index (κ2) is 4.10. The summed E-state index contributed by atoms with van der Waals surface area (Å²) < 4.78 is 4.80. The molecule has 102 valence electrons. The summed E-state index contributed by atoms with van der Waals surface area (Å²) in [7, 11) is 1.37. The standard InChI is InChI=1S/C17H17NO2/c1-17(2)13-7-5-4-6-10(13)11-8-12(16(19)20-3)15(18)9-14(11)17/h4-9H,18H2,1-3H3. The van der Waals surface area contributed by atoms with Crippen molar-refractivity contribution in [3.63, 3.8) is 0 Å². The van der Waals surface area contributed by atoms with Gasteiger partial charge in [-0.15, -0.1) is 0 Å². The molecule has 0 unspecified atom stereocenters. The Bertz CT molecular complexity index is 717. The lowest BCUT2D eigenvalue weighted by Crippen LogP contribution is -2.16. The van der Waals surface area contributed by atoms with E-state index in [-0.39, 0.29) is 5.41 Å². The molecule has 0 radical (unpaired) electrons. The maximum Gasteiger partial charge on any atom is 0.339 e. The number of nitrogen functional groups attached to an aromatic ring is 1. The number of nitrogens with two attached hydrogens (primary N) is 1. The van der Waals surface area contributed by atoms with E-state index in [2.05, 4.69) is 26.0 Å². The fraction of sp³-hybridized carbons (Fsp3) is 0.235. The summed E-state index contributed by atoms with van der Waals surface area (Å²) in [4.78, 5) is 11.8. The fourth-order valence-corrected chi connectivity index (χ4v) is 3.05. The van der Waals surface area contributed by atoms with Crippen LogP contribution in [0.1, 0.15) is 35.3 Å². The predicted molar refractivity (Wildman–Crippen MR) is 79.8 cm³/mol. The zero-order valence-electron chi connectivity index (χ0n) is 11.9. The molecule has 0 fully saturated rings. The molecule has 2 N–H and O–H groups in total. The van der Waals surface area contributed by atoms with Crippen LogP contribution in [0.4, 0.5) is 5.69 Å². The molecule has 3 heteroatoms. The Morgan fingerprint density at radius 3 is 2.50 bits per heavy atom. The molecule has 0 saturated carbocycles. The van der Waals surface area contributed by atoms with E-state index in [9.17, 15) is 4.79 Å². The number of ether oxygens (including phenoxy) is 1. The molecule has 0 amide bonds. The van der Waals surface area contributed by atoms with Gasteiger partial charge in [-0.25, -0.2) is 4.79 Å². The van der Waals surface area contributed by atoms with Crippen molar-refractivity contribution in [1.29, 1.82) is 0 Å². The largest absolute Gasteiger partial charge is 0.465 e. The number of hydrogen-bond acceptors (Lipinski definition) is 3. The molecule has 3 nitrogen and oxygen atoms in total. The molecule has 2 aromatic carbocycles. The van der Waals surface area contributed by atoms with Crippen LogP contribution in [0.3, 0.4) is 0 Å². The van der Waals surface area contributed by atoms with E-state index in [1.54, 1.807) is 0 Å². The monoisotopic (exact) mass is 267 g/mol. The van der Waals surface area contributed by atoms with Gasteiger partial charge in [0, 0.05) is 11.1 Å². The number of esters is 1. The van der Waals surface area contributed by atoms with Gasteiger partial charge >= 0.3 is 5.97 Å². The van der Waals surface area contributed by atoms with Gasteiger partial charge < -0.3 is 10.5 Å². The first-order valence-corrected chi connectivity index (χ1v) is 6.59. The topological polar surface area (TPSA) is 52.3 Å². The first-order chi connectivity index (χ1) is 9.46. The van der Waals surface area contributed by atoms with Crippen molar-refractivity contribution in [2.75, 3.05) is 12.8 Å². The molecule has 0 saturated heterocycles. The van der Waals surface area contributed by atoms with E-state index in [1.165, 1.54) is 12.7 Å². The number of benzene rings is 2. The highest BCUT2D eigenvalue weighted by molar-refractivity contribution is 5.98. The fourth-order valence-electron chi connectivity index (χ4n) is 3.05. The zero-order chi connectivity index (χ0) is 14.5. The van der Waals surface area contributed by atoms with E-state index in [4.69, 9.17) is 10.5 Å². The van der Waals surface area contributed by atoms with Gasteiger partial charge in [0.1, 0.15) is 0 Å². The first kappa shape index (κ1) is 12.7. The second-order valence-electron chi connectivity index (χ2n) is 5.65. The van der Waals surface area contributed by atoms with E-state index in [1.807, 2.05) is 24.3 Å². The molecule has 3 rings (SSSR count). The molecule has 0 aliphatic heterocycles. The van der Waals surface area contributed by atoms with Gasteiger partial charge in [-0.2, -0.15) is 0 Å². The maximum atomic E-state index is 11.8. The van der Waals surface area contributed by atoms with Gasteiger partial charge in [0.15, 0.2) is 0 Å². The average molecular weight is 267 g/mol. The summed E-state index contributed by atoms with van der Waals surface area (Å²) >= 11 is 0. The van der Waals surface area contributed by atoms with Gasteiger partial charge in [-0.3, -0.25) is 0 Å². The molecular weight excluding hydrogens is 250 g/mol. The van der Waals surface area contributed by atoms with Crippen LogP contribution in [0.25, 0.3) is 11.1 Å². The average Bonchev–Trinajstić information content (AvgIpc) is 2.66. The van der Waals surface area contributed by atoms with Crippen LogP contribution in [0.15, 0.2) is 36.4 Å². The molecule has 0 atom stereocenters. The van der Waals surface area contributed by atoms with Crippen molar-refractivity contribution in [2.45, 2.75) is 19.3 Å². The highest BCUT2D eigenvalue weighted by Crippen LogP contribution is 2.49. The third-order valence-electron chi connectivity index (χ3n) is 4.16. The number of methoxy groups -OCH3 is 1. The van der Waals surface area contributed by atoms with Crippen LogP contribution in [0.5, 0.6) is 0 Å². The normalized spacial score (nSPS) is 14.6. The minimum absolute atomic E-state index is 0.102. The van der Waals surface area contributed by atoms with Crippen molar-refractivity contribution >= 4 is 11.7 Å². The molecule has 1 aliphatic rings. The predicted octanol–water partition coefficient (Wildman–Crippen LogP) is 3.36. The lowest BCUT2D eigenvalue weighted by Gasteiger charge is -2.21. The van der Waals surface area contributed by atoms with Crippen molar-refractivity contribution < 1.29 is 9.53 Å². The molecule has 0 aromatic heterocycles. The summed E-state index contributed by atoms with van der Waals surface area (Å²) in [6.45, 7) is 4.35. The van der Waals surface area contributed by atoms with E-state index in [0.717, 1.165) is 16.7 Å². The third kappa shape index (κ3) is 1.56. The summed E-state index contributed by atoms with van der Waals surface area (Å²) in [5.41, 5.74) is 11.5. The van der Waals surface area contributed by atoms with Gasteiger partial charge in [0.25, 0.3) is 0 Å². The van der Waals surface area contributed by atoms with Crippen molar-refractivity contribution in [2.24, 2.45) is 0 Å². The SMILES string of the molecule is COC(=O)c1cc2c(cc1N)C(C)(C)c1ccccc1-2. The first-order valence-electron chi connectivity index (χ1n) is 6.59. The van der Waals surface area contributed by atoms with E-state index < -0.39 is 5.97 Å². The Hall–Kier alpha value is -2.29. The van der Waals surface area contributed by atoms with E-state index >= 15 is 0 Å². The van der Waals surface area contributed by atoms with Crippen molar-refractivity contribution in [1.82, 2.24) is 0 Å². The number of rotatable bonds is 1. The Morgan fingerprint density at radius 1 is 1.10 bits per heavy atom. The number of fused-ring (bicyclic) bond motifs is 3. The third-order valence-corrected chi connectivity index (χ3v) is 4.16. The minimum Gasteiger partial charge on any atom is -0.465 e. The highest BCUT2D eigenvalue weighted by Gasteiger charge is 2.36. The van der Waals surface area contributed by atoms with Crippen LogP contribution in [-0.2, 0) is 10.2 Å². The molecule has 20 heavy (non-hydrogen) atoms. The van der Waals surface area contributed by atoms with Crippen molar-refractivity contribution in [3.8, 4) is 11.1 Å². The van der Waals surface area contributed by atoms with Gasteiger partial charge in [-0.1, -0.05) is 38.1 Å². The summed E-state index contributed by atoms with van der Waals surface area (Å²) in [5.74, 6) is -0.396. The van der Waals surface area contributed by atoms with Crippen LogP contribution < -0.4 is 5.73 Å². The Kier molecular flexibility index (Phi) is 2.61. The lowest BCUT2D eigenvalue weighted by atomic mass is 9.82. The number of carbonyl (C=O) groups is 1. The second-order valence-corrected chi connectivity index (χ2v) is 5.65. The van der Waals surface area contributed by atoms with Gasteiger partial charge in [-0.05, 0) is 34.4 Å². The summed E-state index contributed by atoms with van der Waals surface area (Å²) in [6, 6.07) is 12.0. The molecule has 0 spiro atoms. The molecule has 2 aromatic rings.